The van der Waals surface area contributed by atoms with Gasteiger partial charge in [-0.2, -0.15) is 0 Å². The molecule has 76 valence electrons. The summed E-state index contributed by atoms with van der Waals surface area (Å²) in [6.07, 6.45) is 2.69. The van der Waals surface area contributed by atoms with E-state index in [1.54, 1.807) is 0 Å². The summed E-state index contributed by atoms with van der Waals surface area (Å²) in [5, 5.41) is 0. The average Bonchev–Trinajstić information content (AvgIpc) is 2.23. The fourth-order valence-electron chi connectivity index (χ4n) is 1.71. The third-order valence-corrected chi connectivity index (χ3v) is 3.83. The summed E-state index contributed by atoms with van der Waals surface area (Å²) in [6, 6.07) is 10.7. The predicted molar refractivity (Wildman–Crippen MR) is 62.3 cm³/mol. The summed E-state index contributed by atoms with van der Waals surface area (Å²) in [4.78, 5) is 1.36. The minimum atomic E-state index is 0.919. The van der Waals surface area contributed by atoms with E-state index in [0.29, 0.717) is 0 Å². The molecule has 1 heterocycles. The summed E-state index contributed by atoms with van der Waals surface area (Å²) in [6.45, 7) is 4.83. The van der Waals surface area contributed by atoms with Crippen molar-refractivity contribution in [2.24, 2.45) is 5.92 Å². The van der Waals surface area contributed by atoms with Gasteiger partial charge in [-0.25, -0.2) is 4.31 Å². The van der Waals surface area contributed by atoms with Gasteiger partial charge in [0.15, 0.2) is 0 Å². The summed E-state index contributed by atoms with van der Waals surface area (Å²) >= 11 is 1.90. The Labute approximate surface area is 90.6 Å². The van der Waals surface area contributed by atoms with E-state index >= 15 is 0 Å². The van der Waals surface area contributed by atoms with Crippen LogP contribution in [0.2, 0.25) is 0 Å². The van der Waals surface area contributed by atoms with E-state index < -0.39 is 0 Å². The summed E-state index contributed by atoms with van der Waals surface area (Å²) in [5.74, 6) is 0.919. The molecular weight excluding hydrogens is 190 g/mol. The van der Waals surface area contributed by atoms with Gasteiger partial charge in [-0.15, -0.1) is 0 Å². The highest BCUT2D eigenvalue weighted by atomic mass is 32.2. The van der Waals surface area contributed by atoms with Crippen LogP contribution < -0.4 is 0 Å². The first-order valence-electron chi connectivity index (χ1n) is 5.32. The Balaban J connectivity index is 1.87. The summed E-state index contributed by atoms with van der Waals surface area (Å²) in [5.41, 5.74) is 0. The van der Waals surface area contributed by atoms with Crippen LogP contribution in [0.5, 0.6) is 0 Å². The first-order chi connectivity index (χ1) is 6.84. The summed E-state index contributed by atoms with van der Waals surface area (Å²) < 4.78 is 2.48. The molecule has 0 bridgehead atoms. The van der Waals surface area contributed by atoms with Gasteiger partial charge in [0.1, 0.15) is 0 Å². The molecule has 1 fully saturated rings. The molecule has 0 N–H and O–H groups in total. The fourth-order valence-corrected chi connectivity index (χ4v) is 2.68. The second kappa shape index (κ2) is 4.85. The molecule has 2 rings (SSSR count). The maximum Gasteiger partial charge on any atom is 0.0230 e. The van der Waals surface area contributed by atoms with Crippen molar-refractivity contribution in [3.63, 3.8) is 0 Å². The molecule has 1 saturated heterocycles. The normalized spacial score (nSPS) is 19.8. The number of hydrogen-bond acceptors (Lipinski definition) is 2. The monoisotopic (exact) mass is 207 g/mol. The second-order valence-electron chi connectivity index (χ2n) is 4.02. The lowest BCUT2D eigenvalue weighted by atomic mass is 10.0. The minimum Gasteiger partial charge on any atom is -0.246 e. The van der Waals surface area contributed by atoms with E-state index in [9.17, 15) is 0 Å². The van der Waals surface area contributed by atoms with Crippen molar-refractivity contribution in [1.29, 1.82) is 0 Å². The topological polar surface area (TPSA) is 3.24 Å². The number of piperidine rings is 1. The van der Waals surface area contributed by atoms with E-state index in [4.69, 9.17) is 0 Å². The SMILES string of the molecule is CC1CCN(Sc2ccccc2)CC1. The Hall–Kier alpha value is -0.470. The number of nitrogens with zero attached hydrogens (tertiary/aromatic N) is 1. The maximum absolute atomic E-state index is 2.48. The van der Waals surface area contributed by atoms with E-state index in [1.165, 1.54) is 30.8 Å². The van der Waals surface area contributed by atoms with Gasteiger partial charge in [-0.05, 0) is 42.8 Å². The van der Waals surface area contributed by atoms with Gasteiger partial charge in [0, 0.05) is 18.0 Å². The molecule has 0 radical (unpaired) electrons. The standard InChI is InChI=1S/C12H17NS/c1-11-7-9-13(10-8-11)14-12-5-3-2-4-6-12/h2-6,11H,7-10H2,1H3. The zero-order valence-corrected chi connectivity index (χ0v) is 9.46. The molecule has 0 unspecified atom stereocenters. The molecule has 0 saturated carbocycles. The smallest absolute Gasteiger partial charge is 0.0230 e. The van der Waals surface area contributed by atoms with E-state index in [-0.39, 0.29) is 0 Å². The van der Waals surface area contributed by atoms with Crippen LogP contribution in [0.3, 0.4) is 0 Å². The molecule has 2 heteroatoms. The Morgan fingerprint density at radius 2 is 1.79 bits per heavy atom. The Morgan fingerprint density at radius 3 is 2.43 bits per heavy atom. The van der Waals surface area contributed by atoms with E-state index in [2.05, 4.69) is 41.6 Å². The van der Waals surface area contributed by atoms with Gasteiger partial charge in [0.2, 0.25) is 0 Å². The Kier molecular flexibility index (Phi) is 3.49. The van der Waals surface area contributed by atoms with Crippen molar-refractivity contribution >= 4 is 11.9 Å². The first-order valence-corrected chi connectivity index (χ1v) is 6.10. The third-order valence-electron chi connectivity index (χ3n) is 2.72. The minimum absolute atomic E-state index is 0.919. The first kappa shape index (κ1) is 10.1. The molecule has 1 aliphatic heterocycles. The van der Waals surface area contributed by atoms with E-state index in [1.807, 2.05) is 11.9 Å². The largest absolute Gasteiger partial charge is 0.246 e. The van der Waals surface area contributed by atoms with Crippen LogP contribution in [0.1, 0.15) is 19.8 Å². The van der Waals surface area contributed by atoms with Crippen LogP contribution in [0, 0.1) is 5.92 Å². The van der Waals surface area contributed by atoms with Crippen molar-refractivity contribution in [1.82, 2.24) is 4.31 Å². The lowest BCUT2D eigenvalue weighted by Gasteiger charge is -2.28. The second-order valence-corrected chi connectivity index (χ2v) is 5.19. The van der Waals surface area contributed by atoms with Gasteiger partial charge in [-0.3, -0.25) is 0 Å². The zero-order chi connectivity index (χ0) is 9.80. The number of hydrogen-bond donors (Lipinski definition) is 0. The Morgan fingerprint density at radius 1 is 1.14 bits per heavy atom. The molecule has 0 aromatic heterocycles. The van der Waals surface area contributed by atoms with Crippen LogP contribution in [0.15, 0.2) is 35.2 Å². The summed E-state index contributed by atoms with van der Waals surface area (Å²) in [7, 11) is 0. The number of rotatable bonds is 2. The highest BCUT2D eigenvalue weighted by Crippen LogP contribution is 2.27. The molecular formula is C12H17NS. The van der Waals surface area contributed by atoms with Gasteiger partial charge in [-0.1, -0.05) is 25.1 Å². The van der Waals surface area contributed by atoms with Crippen molar-refractivity contribution in [2.45, 2.75) is 24.7 Å². The van der Waals surface area contributed by atoms with Gasteiger partial charge < -0.3 is 0 Å². The third kappa shape index (κ3) is 2.76. The lowest BCUT2D eigenvalue weighted by Crippen LogP contribution is -2.27. The van der Waals surface area contributed by atoms with Crippen LogP contribution in [-0.4, -0.2) is 17.4 Å². The van der Waals surface area contributed by atoms with Crippen molar-refractivity contribution in [3.8, 4) is 0 Å². The molecule has 0 spiro atoms. The molecule has 1 nitrogen and oxygen atoms in total. The van der Waals surface area contributed by atoms with Gasteiger partial charge >= 0.3 is 0 Å². The Bertz CT molecular complexity index is 265. The molecule has 0 aliphatic carbocycles. The molecule has 1 aliphatic rings. The van der Waals surface area contributed by atoms with Gasteiger partial charge in [0.25, 0.3) is 0 Å². The number of benzene rings is 1. The molecule has 0 amide bonds. The van der Waals surface area contributed by atoms with Crippen LogP contribution >= 0.6 is 11.9 Å². The van der Waals surface area contributed by atoms with Crippen LogP contribution in [0.4, 0.5) is 0 Å². The molecule has 0 atom stereocenters. The van der Waals surface area contributed by atoms with Crippen molar-refractivity contribution < 1.29 is 0 Å². The zero-order valence-electron chi connectivity index (χ0n) is 8.65. The van der Waals surface area contributed by atoms with Crippen molar-refractivity contribution in [3.05, 3.63) is 30.3 Å². The average molecular weight is 207 g/mol. The quantitative estimate of drug-likeness (QED) is 0.684. The van der Waals surface area contributed by atoms with Crippen molar-refractivity contribution in [2.75, 3.05) is 13.1 Å². The fraction of sp³-hybridized carbons (Fsp3) is 0.500. The maximum atomic E-state index is 2.48. The molecule has 1 aromatic rings. The van der Waals surface area contributed by atoms with Crippen LogP contribution in [0.25, 0.3) is 0 Å². The molecule has 14 heavy (non-hydrogen) atoms. The lowest BCUT2D eigenvalue weighted by molar-refractivity contribution is 0.308. The highest BCUT2D eigenvalue weighted by Gasteiger charge is 2.15. The van der Waals surface area contributed by atoms with E-state index in [0.717, 1.165) is 5.92 Å². The highest BCUT2D eigenvalue weighted by molar-refractivity contribution is 7.97. The molecule has 1 aromatic carbocycles. The predicted octanol–water partition coefficient (Wildman–Crippen LogP) is 3.43. The van der Waals surface area contributed by atoms with Crippen LogP contribution in [-0.2, 0) is 0 Å². The van der Waals surface area contributed by atoms with Gasteiger partial charge in [0.05, 0.1) is 0 Å².